The van der Waals surface area contributed by atoms with Gasteiger partial charge in [0, 0.05) is 6.61 Å². The molecule has 0 heterocycles. The van der Waals surface area contributed by atoms with Gasteiger partial charge in [0.2, 0.25) is 0 Å². The summed E-state index contributed by atoms with van der Waals surface area (Å²) < 4.78 is 69.1. The zero-order valence-electron chi connectivity index (χ0n) is 13.8. The van der Waals surface area contributed by atoms with Gasteiger partial charge >= 0.3 is 10.2 Å². The number of hydrogen-bond acceptors (Lipinski definition) is 1. The lowest BCUT2D eigenvalue weighted by atomic mass is 9.84. The van der Waals surface area contributed by atoms with E-state index in [0.717, 1.165) is 45.1 Å². The Morgan fingerprint density at radius 3 is 2.04 bits per heavy atom. The van der Waals surface area contributed by atoms with Crippen LogP contribution in [-0.2, 0) is 11.2 Å². The van der Waals surface area contributed by atoms with E-state index < -0.39 is 15.1 Å². The normalized spacial score (nSPS) is 25.1. The van der Waals surface area contributed by atoms with Gasteiger partial charge < -0.3 is 4.74 Å². The summed E-state index contributed by atoms with van der Waals surface area (Å²) in [5.74, 6) is 0.529. The van der Waals surface area contributed by atoms with Crippen LogP contribution in [0.3, 0.4) is 0 Å². The van der Waals surface area contributed by atoms with Crippen LogP contribution in [0.2, 0.25) is 0 Å². The molecule has 0 unspecified atom stereocenters. The molecule has 7 heteroatoms. The first-order valence-corrected chi connectivity index (χ1v) is 10.4. The fraction of sp³-hybridized carbons (Fsp3) is 0.647. The Kier molecular flexibility index (Phi) is 5.27. The van der Waals surface area contributed by atoms with Gasteiger partial charge in [0.1, 0.15) is 4.90 Å². The van der Waals surface area contributed by atoms with Gasteiger partial charge in [0.15, 0.2) is 0 Å². The minimum absolute atomic E-state index is 0.331. The van der Waals surface area contributed by atoms with Crippen molar-refractivity contribution in [1.82, 2.24) is 0 Å². The average Bonchev–Trinajstić information content (AvgIpc) is 2.50. The van der Waals surface area contributed by atoms with Crippen LogP contribution in [0, 0.1) is 5.92 Å². The van der Waals surface area contributed by atoms with Gasteiger partial charge in [-0.15, -0.1) is 0 Å². The predicted octanol–water partition coefficient (Wildman–Crippen LogP) is 7.26. The number of halogens is 5. The van der Waals surface area contributed by atoms with Gasteiger partial charge in [0.25, 0.3) is 0 Å². The van der Waals surface area contributed by atoms with Gasteiger partial charge in [-0.2, -0.15) is 0 Å². The molecule has 0 bridgehead atoms. The smallest absolute Gasteiger partial charge is 0.310 e. The van der Waals surface area contributed by atoms with E-state index in [4.69, 9.17) is 4.74 Å². The molecule has 0 amide bonds. The van der Waals surface area contributed by atoms with Crippen molar-refractivity contribution in [3.8, 4) is 0 Å². The second-order valence-corrected chi connectivity index (χ2v) is 9.07. The summed E-state index contributed by atoms with van der Waals surface area (Å²) in [6, 6.07) is 3.35. The van der Waals surface area contributed by atoms with Gasteiger partial charge in [-0.3, -0.25) is 0 Å². The van der Waals surface area contributed by atoms with E-state index in [9.17, 15) is 19.4 Å². The molecular weight excluding hydrogens is 347 g/mol. The molecule has 0 aliphatic heterocycles. The fourth-order valence-corrected chi connectivity index (χ4v) is 3.81. The third kappa shape index (κ3) is 5.92. The molecule has 0 spiro atoms. The first kappa shape index (κ1) is 19.5. The highest BCUT2D eigenvalue weighted by Gasteiger charge is 2.65. The zero-order valence-corrected chi connectivity index (χ0v) is 14.6. The van der Waals surface area contributed by atoms with E-state index >= 15 is 0 Å². The maximum atomic E-state index is 12.7. The van der Waals surface area contributed by atoms with Gasteiger partial charge in [-0.1, -0.05) is 38.5 Å². The molecule has 1 aliphatic rings. The first-order valence-electron chi connectivity index (χ1n) is 8.42. The van der Waals surface area contributed by atoms with E-state index in [1.165, 1.54) is 12.1 Å². The Labute approximate surface area is 140 Å². The lowest BCUT2D eigenvalue weighted by Crippen LogP contribution is -2.22. The van der Waals surface area contributed by atoms with Crippen LogP contribution >= 0.6 is 10.2 Å². The van der Waals surface area contributed by atoms with E-state index in [2.05, 4.69) is 6.92 Å². The van der Waals surface area contributed by atoms with Gasteiger partial charge in [-0.05, 0) is 68.6 Å². The Bertz CT molecular complexity index is 532. The highest BCUT2D eigenvalue weighted by atomic mass is 32.5. The summed E-state index contributed by atoms with van der Waals surface area (Å²) in [6.07, 6.45) is 6.98. The number of benzene rings is 1. The molecule has 0 saturated heterocycles. The van der Waals surface area contributed by atoms with Gasteiger partial charge in [0.05, 0.1) is 6.10 Å². The zero-order chi connectivity index (χ0) is 17.9. The SMILES string of the molecule is CCCOC1CCC(CCc2ccc(S(F)(F)(F)(F)F)cc2)CC1. The van der Waals surface area contributed by atoms with Crippen molar-refractivity contribution >= 4 is 10.2 Å². The van der Waals surface area contributed by atoms with Crippen LogP contribution in [0.5, 0.6) is 0 Å². The second-order valence-electron chi connectivity index (χ2n) is 6.67. The van der Waals surface area contributed by atoms with E-state index in [1.54, 1.807) is 0 Å². The topological polar surface area (TPSA) is 9.23 Å². The van der Waals surface area contributed by atoms with E-state index in [1.807, 2.05) is 0 Å². The molecular formula is C17H25F5OS. The van der Waals surface area contributed by atoms with E-state index in [-0.39, 0.29) is 0 Å². The predicted molar refractivity (Wildman–Crippen MR) is 88.1 cm³/mol. The summed E-state index contributed by atoms with van der Waals surface area (Å²) in [7, 11) is -9.55. The van der Waals surface area contributed by atoms with Crippen LogP contribution < -0.4 is 0 Å². The Hall–Kier alpha value is -0.820. The molecule has 140 valence electrons. The van der Waals surface area contributed by atoms with Crippen molar-refractivity contribution in [3.05, 3.63) is 29.8 Å². The van der Waals surface area contributed by atoms with Crippen LogP contribution in [-0.4, -0.2) is 12.7 Å². The molecule has 1 aromatic carbocycles. The summed E-state index contributed by atoms with van der Waals surface area (Å²) in [6.45, 7) is 2.86. The molecule has 1 nitrogen and oxygen atoms in total. The lowest BCUT2D eigenvalue weighted by Gasteiger charge is -2.40. The molecule has 2 rings (SSSR count). The summed E-state index contributed by atoms with van der Waals surface area (Å²) >= 11 is 0. The minimum atomic E-state index is -9.55. The molecule has 0 atom stereocenters. The highest BCUT2D eigenvalue weighted by Crippen LogP contribution is 3.02. The van der Waals surface area contributed by atoms with Crippen molar-refractivity contribution in [3.63, 3.8) is 0 Å². The minimum Gasteiger partial charge on any atom is -0.378 e. The third-order valence-corrected chi connectivity index (χ3v) is 5.72. The maximum absolute atomic E-state index is 12.7. The fourth-order valence-electron chi connectivity index (χ4n) is 3.16. The number of hydrogen-bond donors (Lipinski definition) is 0. The summed E-state index contributed by atoms with van der Waals surface area (Å²) in [5, 5.41) is 0. The summed E-state index contributed by atoms with van der Waals surface area (Å²) in [5.41, 5.74) is 0.671. The maximum Gasteiger partial charge on any atom is 0.310 e. The van der Waals surface area contributed by atoms with Crippen molar-refractivity contribution in [1.29, 1.82) is 0 Å². The molecule has 0 radical (unpaired) electrons. The summed E-state index contributed by atoms with van der Waals surface area (Å²) in [4.78, 5) is -1.81. The Morgan fingerprint density at radius 2 is 1.54 bits per heavy atom. The molecule has 1 saturated carbocycles. The van der Waals surface area contributed by atoms with Crippen LogP contribution in [0.15, 0.2) is 29.2 Å². The molecule has 1 aliphatic carbocycles. The number of rotatable bonds is 7. The average molecular weight is 372 g/mol. The third-order valence-electron chi connectivity index (χ3n) is 4.56. The Morgan fingerprint density at radius 1 is 0.958 bits per heavy atom. The molecule has 1 fully saturated rings. The Balaban J connectivity index is 1.82. The van der Waals surface area contributed by atoms with Crippen molar-refractivity contribution in [2.45, 2.75) is 62.9 Å². The number of aryl methyl sites for hydroxylation is 1. The quantitative estimate of drug-likeness (QED) is 0.458. The highest BCUT2D eigenvalue weighted by molar-refractivity contribution is 8.45. The van der Waals surface area contributed by atoms with Gasteiger partial charge in [-0.25, -0.2) is 0 Å². The van der Waals surface area contributed by atoms with E-state index in [0.29, 0.717) is 36.1 Å². The van der Waals surface area contributed by atoms with Crippen molar-refractivity contribution in [2.24, 2.45) is 5.92 Å². The largest absolute Gasteiger partial charge is 0.378 e. The van der Waals surface area contributed by atoms with Crippen LogP contribution in [0.25, 0.3) is 0 Å². The molecule has 0 N–H and O–H groups in total. The van der Waals surface area contributed by atoms with Crippen molar-refractivity contribution in [2.75, 3.05) is 6.61 Å². The molecule has 0 aromatic heterocycles. The standard InChI is InChI=1S/C17H25F5OS/c1-2-13-23-16-9-5-14(6-10-16)3-4-15-7-11-17(12-8-15)24(18,19,20,21)22/h7-8,11-12,14,16H,2-6,9-10,13H2,1H3. The molecule has 1 aromatic rings. The lowest BCUT2D eigenvalue weighted by molar-refractivity contribution is 0.0177. The molecule has 24 heavy (non-hydrogen) atoms. The van der Waals surface area contributed by atoms with Crippen LogP contribution in [0.1, 0.15) is 51.0 Å². The number of ether oxygens (including phenoxy) is 1. The first-order chi connectivity index (χ1) is 11.0. The van der Waals surface area contributed by atoms with Crippen molar-refractivity contribution < 1.29 is 24.2 Å². The van der Waals surface area contributed by atoms with Crippen LogP contribution in [0.4, 0.5) is 19.4 Å². The second kappa shape index (κ2) is 6.48. The monoisotopic (exact) mass is 372 g/mol.